The van der Waals surface area contributed by atoms with E-state index in [-0.39, 0.29) is 17.1 Å². The number of hydrogen-bond acceptors (Lipinski definition) is 5. The van der Waals surface area contributed by atoms with Crippen LogP contribution in [0.1, 0.15) is 22.8 Å². The average molecular weight is 382 g/mol. The summed E-state index contributed by atoms with van der Waals surface area (Å²) in [4.78, 5) is 12.5. The molecule has 3 aromatic carbocycles. The molecule has 6 heteroatoms. The zero-order chi connectivity index (χ0) is 19.1. The summed E-state index contributed by atoms with van der Waals surface area (Å²) < 4.78 is 29.2. The zero-order valence-electron chi connectivity index (χ0n) is 14.8. The number of hydrogen-bond donors (Lipinski definition) is 0. The summed E-state index contributed by atoms with van der Waals surface area (Å²) in [6, 6.07) is 23.7. The van der Waals surface area contributed by atoms with Gasteiger partial charge in [-0.3, -0.25) is 0 Å². The van der Waals surface area contributed by atoms with Crippen molar-refractivity contribution in [1.29, 1.82) is 0 Å². The van der Waals surface area contributed by atoms with Gasteiger partial charge in [0.25, 0.3) is 0 Å². The molecule has 0 atom stereocenters. The van der Waals surface area contributed by atoms with Gasteiger partial charge in [0.05, 0.1) is 5.56 Å². The van der Waals surface area contributed by atoms with Gasteiger partial charge < -0.3 is 13.6 Å². The Morgan fingerprint density at radius 3 is 1.70 bits per heavy atom. The highest BCUT2D eigenvalue weighted by atomic mass is 31.2. The Bertz CT molecular complexity index is 878. The summed E-state index contributed by atoms with van der Waals surface area (Å²) in [6.45, 7) is 2.02. The minimum atomic E-state index is -4.25. The quantitative estimate of drug-likeness (QED) is 0.493. The van der Waals surface area contributed by atoms with Crippen LogP contribution in [0.3, 0.4) is 0 Å². The van der Waals surface area contributed by atoms with Crippen LogP contribution in [0.15, 0.2) is 84.9 Å². The Morgan fingerprint density at radius 1 is 0.778 bits per heavy atom. The molecule has 0 aliphatic heterocycles. The molecule has 0 saturated carbocycles. The number of benzene rings is 3. The van der Waals surface area contributed by atoms with Gasteiger partial charge in [-0.2, -0.15) is 4.57 Å². The zero-order valence-corrected chi connectivity index (χ0v) is 15.7. The molecule has 0 radical (unpaired) electrons. The SMILES string of the molecule is CCc1ccc(C(=O)OP(=O)(Oc2ccccc2)Oc2ccccc2)cc1. The Kier molecular flexibility index (Phi) is 5.94. The Morgan fingerprint density at radius 2 is 1.26 bits per heavy atom. The summed E-state index contributed by atoms with van der Waals surface area (Å²) in [5.74, 6) is -0.246. The van der Waals surface area contributed by atoms with Crippen molar-refractivity contribution in [2.75, 3.05) is 0 Å². The predicted octanol–water partition coefficient (Wildman–Crippen LogP) is 5.67. The van der Waals surface area contributed by atoms with Crippen LogP contribution in [0.4, 0.5) is 0 Å². The molecular formula is C21H19O5P. The molecule has 0 aliphatic rings. The van der Waals surface area contributed by atoms with Gasteiger partial charge in [-0.15, -0.1) is 0 Å². The van der Waals surface area contributed by atoms with Crippen LogP contribution in [0.2, 0.25) is 0 Å². The second-order valence-electron chi connectivity index (χ2n) is 5.69. The first-order valence-electron chi connectivity index (χ1n) is 8.50. The van der Waals surface area contributed by atoms with Gasteiger partial charge >= 0.3 is 13.8 Å². The topological polar surface area (TPSA) is 61.8 Å². The van der Waals surface area contributed by atoms with E-state index >= 15 is 0 Å². The molecule has 0 amide bonds. The average Bonchev–Trinajstić information content (AvgIpc) is 2.69. The minimum absolute atomic E-state index is 0.265. The third-order valence-electron chi connectivity index (χ3n) is 3.71. The summed E-state index contributed by atoms with van der Waals surface area (Å²) in [5, 5.41) is 0. The van der Waals surface area contributed by atoms with E-state index in [2.05, 4.69) is 0 Å². The normalized spacial score (nSPS) is 10.9. The van der Waals surface area contributed by atoms with Gasteiger partial charge in [0.15, 0.2) is 0 Å². The molecule has 138 valence electrons. The van der Waals surface area contributed by atoms with Crippen molar-refractivity contribution < 1.29 is 22.9 Å². The van der Waals surface area contributed by atoms with Gasteiger partial charge in [-0.05, 0) is 48.4 Å². The molecule has 0 fully saturated rings. The second-order valence-corrected chi connectivity index (χ2v) is 7.13. The molecule has 5 nitrogen and oxygen atoms in total. The summed E-state index contributed by atoms with van der Waals surface area (Å²) in [7, 11) is -4.25. The van der Waals surface area contributed by atoms with E-state index in [9.17, 15) is 9.36 Å². The molecule has 3 aromatic rings. The molecule has 0 unspecified atom stereocenters. The van der Waals surface area contributed by atoms with Crippen LogP contribution in [0, 0.1) is 0 Å². The molecule has 0 spiro atoms. The highest BCUT2D eigenvalue weighted by Crippen LogP contribution is 2.50. The lowest BCUT2D eigenvalue weighted by Gasteiger charge is -2.18. The number of phosphoric ester groups is 1. The molecule has 0 heterocycles. The fourth-order valence-corrected chi connectivity index (χ4v) is 3.49. The third-order valence-corrected chi connectivity index (χ3v) is 4.97. The lowest BCUT2D eigenvalue weighted by atomic mass is 10.1. The van der Waals surface area contributed by atoms with Crippen LogP contribution in [0.5, 0.6) is 11.5 Å². The lowest BCUT2D eigenvalue weighted by Crippen LogP contribution is -2.11. The maximum absolute atomic E-state index is 13.2. The molecule has 0 bridgehead atoms. The summed E-state index contributed by atoms with van der Waals surface area (Å²) >= 11 is 0. The van der Waals surface area contributed by atoms with Crippen LogP contribution in [-0.4, -0.2) is 5.97 Å². The van der Waals surface area contributed by atoms with E-state index in [1.165, 1.54) is 0 Å². The van der Waals surface area contributed by atoms with Crippen molar-refractivity contribution in [3.63, 3.8) is 0 Å². The largest absolute Gasteiger partial charge is 0.649 e. The van der Waals surface area contributed by atoms with Crippen molar-refractivity contribution in [1.82, 2.24) is 0 Å². The smallest absolute Gasteiger partial charge is 0.386 e. The Labute approximate surface area is 158 Å². The van der Waals surface area contributed by atoms with Crippen molar-refractivity contribution in [2.24, 2.45) is 0 Å². The van der Waals surface area contributed by atoms with E-state index in [0.29, 0.717) is 0 Å². The molecule has 0 aromatic heterocycles. The highest BCUT2D eigenvalue weighted by molar-refractivity contribution is 7.50. The summed E-state index contributed by atoms with van der Waals surface area (Å²) in [5.41, 5.74) is 1.34. The summed E-state index contributed by atoms with van der Waals surface area (Å²) in [6.07, 6.45) is 0.849. The maximum atomic E-state index is 13.2. The molecule has 0 aliphatic carbocycles. The first-order chi connectivity index (χ1) is 13.1. The van der Waals surface area contributed by atoms with Gasteiger partial charge in [-0.1, -0.05) is 55.5 Å². The van der Waals surface area contributed by atoms with E-state index in [1.54, 1.807) is 72.8 Å². The van der Waals surface area contributed by atoms with Gasteiger partial charge in [-0.25, -0.2) is 4.79 Å². The molecule has 0 saturated heterocycles. The third kappa shape index (κ3) is 5.22. The lowest BCUT2D eigenvalue weighted by molar-refractivity contribution is 0.0688. The van der Waals surface area contributed by atoms with Crippen molar-refractivity contribution in [3.8, 4) is 11.5 Å². The van der Waals surface area contributed by atoms with E-state index in [1.807, 2.05) is 19.1 Å². The first kappa shape index (κ1) is 18.7. The van der Waals surface area contributed by atoms with Crippen molar-refractivity contribution in [2.45, 2.75) is 13.3 Å². The minimum Gasteiger partial charge on any atom is -0.386 e. The molecule has 3 rings (SSSR count). The second kappa shape index (κ2) is 8.56. The number of aryl methyl sites for hydroxylation is 1. The van der Waals surface area contributed by atoms with Crippen molar-refractivity contribution in [3.05, 3.63) is 96.1 Å². The van der Waals surface area contributed by atoms with E-state index in [0.717, 1.165) is 12.0 Å². The number of phosphoric acid groups is 1. The maximum Gasteiger partial charge on any atom is 0.649 e. The molecular weight excluding hydrogens is 363 g/mol. The standard InChI is InChI=1S/C21H19O5P/c1-2-17-13-15-18(16-14-17)21(22)26-27(23,24-19-9-5-3-6-10-19)25-20-11-7-4-8-12-20/h3-16H,2H2,1H3. The van der Waals surface area contributed by atoms with Crippen LogP contribution >= 0.6 is 7.82 Å². The number of carbonyl (C=O) groups is 1. The monoisotopic (exact) mass is 382 g/mol. The highest BCUT2D eigenvalue weighted by Gasteiger charge is 2.35. The van der Waals surface area contributed by atoms with Crippen LogP contribution in [0.25, 0.3) is 0 Å². The van der Waals surface area contributed by atoms with Gasteiger partial charge in [0.2, 0.25) is 0 Å². The Hall–Kier alpha value is -3.04. The van der Waals surface area contributed by atoms with Crippen molar-refractivity contribution >= 4 is 13.8 Å². The fourth-order valence-electron chi connectivity index (χ4n) is 2.31. The molecule has 27 heavy (non-hydrogen) atoms. The van der Waals surface area contributed by atoms with Crippen LogP contribution in [-0.2, 0) is 15.5 Å². The van der Waals surface area contributed by atoms with Crippen LogP contribution < -0.4 is 9.05 Å². The van der Waals surface area contributed by atoms with Gasteiger partial charge in [0, 0.05) is 0 Å². The Balaban J connectivity index is 1.84. The fraction of sp³-hybridized carbons (Fsp3) is 0.0952. The number of para-hydroxylation sites is 2. The predicted molar refractivity (Wildman–Crippen MR) is 103 cm³/mol. The number of carbonyl (C=O) groups excluding carboxylic acids is 1. The van der Waals surface area contributed by atoms with E-state index < -0.39 is 13.8 Å². The van der Waals surface area contributed by atoms with Gasteiger partial charge in [0.1, 0.15) is 11.5 Å². The molecule has 0 N–H and O–H groups in total. The number of rotatable bonds is 7. The first-order valence-corrected chi connectivity index (χ1v) is 9.96. The van der Waals surface area contributed by atoms with E-state index in [4.69, 9.17) is 13.6 Å².